The van der Waals surface area contributed by atoms with Crippen molar-refractivity contribution >= 4 is 5.91 Å². The Kier molecular flexibility index (Phi) is 5.04. The molecule has 1 saturated carbocycles. The fourth-order valence-corrected chi connectivity index (χ4v) is 3.27. The van der Waals surface area contributed by atoms with Gasteiger partial charge in [-0.1, -0.05) is 25.7 Å². The average molecular weight is 252 g/mol. The van der Waals surface area contributed by atoms with Gasteiger partial charge in [-0.3, -0.25) is 9.69 Å². The summed E-state index contributed by atoms with van der Waals surface area (Å²) in [6.45, 7) is 8.43. The van der Waals surface area contributed by atoms with Crippen molar-refractivity contribution < 1.29 is 4.79 Å². The van der Waals surface area contributed by atoms with Crippen molar-refractivity contribution in [3.8, 4) is 0 Å². The number of hydrogen-bond acceptors (Lipinski definition) is 2. The molecule has 2 aliphatic rings. The van der Waals surface area contributed by atoms with E-state index >= 15 is 0 Å². The summed E-state index contributed by atoms with van der Waals surface area (Å²) in [4.78, 5) is 16.7. The van der Waals surface area contributed by atoms with Crippen molar-refractivity contribution in [3.05, 3.63) is 0 Å². The summed E-state index contributed by atoms with van der Waals surface area (Å²) in [5, 5.41) is 0. The Hall–Kier alpha value is -0.570. The third-order valence-corrected chi connectivity index (χ3v) is 4.64. The fraction of sp³-hybridized carbons (Fsp3) is 0.933. The van der Waals surface area contributed by atoms with E-state index in [2.05, 4.69) is 23.6 Å². The molecule has 3 nitrogen and oxygen atoms in total. The van der Waals surface area contributed by atoms with Gasteiger partial charge in [0.25, 0.3) is 0 Å². The zero-order chi connectivity index (χ0) is 13.0. The number of hydrogen-bond donors (Lipinski definition) is 0. The minimum absolute atomic E-state index is 0.394. The molecule has 104 valence electrons. The number of carbonyl (C=O) groups excluding carboxylic acids is 1. The first-order chi connectivity index (χ1) is 8.66. The summed E-state index contributed by atoms with van der Waals surface area (Å²) in [6.07, 6.45) is 7.39. The maximum absolute atomic E-state index is 12.1. The van der Waals surface area contributed by atoms with Crippen molar-refractivity contribution in [3.63, 3.8) is 0 Å². The van der Waals surface area contributed by atoms with Gasteiger partial charge in [0.15, 0.2) is 0 Å². The van der Waals surface area contributed by atoms with Crippen LogP contribution in [0.25, 0.3) is 0 Å². The lowest BCUT2D eigenvalue weighted by molar-refractivity contribution is -0.133. The summed E-state index contributed by atoms with van der Waals surface area (Å²) in [7, 11) is 0. The lowest BCUT2D eigenvalue weighted by Gasteiger charge is -2.37. The maximum atomic E-state index is 12.1. The normalized spacial score (nSPS) is 22.9. The highest BCUT2D eigenvalue weighted by Gasteiger charge is 2.23. The number of nitrogens with zero attached hydrogens (tertiary/aromatic N) is 2. The third kappa shape index (κ3) is 3.71. The van der Waals surface area contributed by atoms with E-state index in [0.717, 1.165) is 44.9 Å². The molecule has 0 aromatic carbocycles. The van der Waals surface area contributed by atoms with Crippen LogP contribution in [0.15, 0.2) is 0 Å². The molecular weight excluding hydrogens is 224 g/mol. The highest BCUT2D eigenvalue weighted by molar-refractivity contribution is 5.76. The molecule has 3 heteroatoms. The molecule has 0 spiro atoms. The molecule has 0 atom stereocenters. The zero-order valence-electron chi connectivity index (χ0n) is 12.0. The molecule has 0 bridgehead atoms. The van der Waals surface area contributed by atoms with Gasteiger partial charge in [0.2, 0.25) is 5.91 Å². The second kappa shape index (κ2) is 6.55. The molecule has 0 aromatic rings. The van der Waals surface area contributed by atoms with Gasteiger partial charge >= 0.3 is 0 Å². The van der Waals surface area contributed by atoms with Gasteiger partial charge in [0, 0.05) is 38.6 Å². The van der Waals surface area contributed by atoms with Crippen LogP contribution in [0.4, 0.5) is 0 Å². The highest BCUT2D eigenvalue weighted by Crippen LogP contribution is 2.28. The summed E-state index contributed by atoms with van der Waals surface area (Å²) < 4.78 is 0. The largest absolute Gasteiger partial charge is 0.340 e. The topological polar surface area (TPSA) is 23.6 Å². The molecule has 2 fully saturated rings. The molecule has 18 heavy (non-hydrogen) atoms. The first-order valence-corrected chi connectivity index (χ1v) is 7.68. The van der Waals surface area contributed by atoms with Crippen LogP contribution in [0.1, 0.15) is 52.4 Å². The van der Waals surface area contributed by atoms with Crippen molar-refractivity contribution in [1.82, 2.24) is 9.80 Å². The number of rotatable bonds is 4. The van der Waals surface area contributed by atoms with E-state index in [4.69, 9.17) is 0 Å². The smallest absolute Gasteiger partial charge is 0.222 e. The van der Waals surface area contributed by atoms with Crippen molar-refractivity contribution in [2.75, 3.05) is 26.2 Å². The van der Waals surface area contributed by atoms with Crippen LogP contribution in [-0.4, -0.2) is 47.9 Å². The quantitative estimate of drug-likeness (QED) is 0.767. The van der Waals surface area contributed by atoms with E-state index in [-0.39, 0.29) is 0 Å². The lowest BCUT2D eigenvalue weighted by Crippen LogP contribution is -2.50. The average Bonchev–Trinajstić information content (AvgIpc) is 2.89. The van der Waals surface area contributed by atoms with Crippen LogP contribution < -0.4 is 0 Å². The predicted octanol–water partition coefficient (Wildman–Crippen LogP) is 2.51. The van der Waals surface area contributed by atoms with Gasteiger partial charge in [0.05, 0.1) is 0 Å². The minimum Gasteiger partial charge on any atom is -0.340 e. The molecule has 1 heterocycles. The molecule has 0 radical (unpaired) electrons. The van der Waals surface area contributed by atoms with E-state index in [0.29, 0.717) is 11.9 Å². The van der Waals surface area contributed by atoms with E-state index in [1.54, 1.807) is 0 Å². The molecule has 0 unspecified atom stereocenters. The maximum Gasteiger partial charge on any atom is 0.222 e. The van der Waals surface area contributed by atoms with Gasteiger partial charge < -0.3 is 4.90 Å². The van der Waals surface area contributed by atoms with Crippen LogP contribution in [-0.2, 0) is 4.79 Å². The summed E-state index contributed by atoms with van der Waals surface area (Å²) in [5.41, 5.74) is 0. The second-order valence-electron chi connectivity index (χ2n) is 6.20. The van der Waals surface area contributed by atoms with Crippen LogP contribution in [0.2, 0.25) is 0 Å². The number of carbonyl (C=O) groups is 1. The van der Waals surface area contributed by atoms with Crippen molar-refractivity contribution in [1.29, 1.82) is 0 Å². The summed E-state index contributed by atoms with van der Waals surface area (Å²) in [6, 6.07) is 0.612. The fourth-order valence-electron chi connectivity index (χ4n) is 3.27. The Morgan fingerprint density at radius 3 is 2.28 bits per heavy atom. The standard InChI is InChI=1S/C15H28N2O/c1-13(2)16-9-11-17(12-10-16)15(18)8-7-14-5-3-4-6-14/h13-14H,3-12H2,1-2H3. The Morgan fingerprint density at radius 1 is 1.11 bits per heavy atom. The minimum atomic E-state index is 0.394. The summed E-state index contributed by atoms with van der Waals surface area (Å²) in [5.74, 6) is 1.23. The molecule has 1 saturated heterocycles. The number of amides is 1. The van der Waals surface area contributed by atoms with E-state index in [1.165, 1.54) is 25.7 Å². The monoisotopic (exact) mass is 252 g/mol. The molecule has 2 rings (SSSR count). The number of piperazine rings is 1. The molecule has 1 aliphatic carbocycles. The molecule has 0 aromatic heterocycles. The van der Waals surface area contributed by atoms with Crippen LogP contribution >= 0.6 is 0 Å². The van der Waals surface area contributed by atoms with Gasteiger partial charge in [-0.05, 0) is 26.2 Å². The van der Waals surface area contributed by atoms with Gasteiger partial charge in [-0.2, -0.15) is 0 Å². The second-order valence-corrected chi connectivity index (χ2v) is 6.20. The molecule has 0 N–H and O–H groups in total. The van der Waals surface area contributed by atoms with Gasteiger partial charge in [0.1, 0.15) is 0 Å². The van der Waals surface area contributed by atoms with Crippen molar-refractivity contribution in [2.45, 2.75) is 58.4 Å². The zero-order valence-corrected chi connectivity index (χ0v) is 12.0. The Morgan fingerprint density at radius 2 is 1.72 bits per heavy atom. The van der Waals surface area contributed by atoms with Crippen molar-refractivity contribution in [2.24, 2.45) is 5.92 Å². The SMILES string of the molecule is CC(C)N1CCN(C(=O)CCC2CCCC2)CC1. The van der Waals surface area contributed by atoms with Crippen LogP contribution in [0.3, 0.4) is 0 Å². The van der Waals surface area contributed by atoms with E-state index in [9.17, 15) is 4.79 Å². The first-order valence-electron chi connectivity index (χ1n) is 7.68. The molecule has 1 aliphatic heterocycles. The van der Waals surface area contributed by atoms with Crippen LogP contribution in [0.5, 0.6) is 0 Å². The van der Waals surface area contributed by atoms with Crippen LogP contribution in [0, 0.1) is 5.92 Å². The predicted molar refractivity (Wildman–Crippen MR) is 74.5 cm³/mol. The lowest BCUT2D eigenvalue weighted by atomic mass is 10.0. The Labute approximate surface area is 112 Å². The van der Waals surface area contributed by atoms with E-state index in [1.807, 2.05) is 0 Å². The highest BCUT2D eigenvalue weighted by atomic mass is 16.2. The van der Waals surface area contributed by atoms with Gasteiger partial charge in [-0.15, -0.1) is 0 Å². The van der Waals surface area contributed by atoms with Gasteiger partial charge in [-0.25, -0.2) is 0 Å². The summed E-state index contributed by atoms with van der Waals surface area (Å²) >= 11 is 0. The first kappa shape index (κ1) is 13.9. The Bertz CT molecular complexity index is 264. The third-order valence-electron chi connectivity index (χ3n) is 4.64. The Balaban J connectivity index is 1.67. The molecule has 1 amide bonds. The van der Waals surface area contributed by atoms with E-state index < -0.39 is 0 Å². The molecular formula is C15H28N2O.